The second-order valence-electron chi connectivity index (χ2n) is 8.53. The molecule has 1 heterocycles. The molecule has 1 aromatic heterocycles. The fraction of sp³-hybridized carbons (Fsp3) is 0.214. The number of carboxylic acid groups (broad SMARTS) is 1. The maximum Gasteiger partial charge on any atom is 0.305 e. The normalized spacial score (nSPS) is 10.8. The number of H-pyrrole nitrogens is 1. The SMILES string of the molecule is O=C(O)CCNC(=O)c1ccc(CN(Cc2nc3ccccc3[nH]2)C(=O)CCc2ccccc2)cc1. The van der Waals surface area contributed by atoms with Crippen LogP contribution in [0, 0.1) is 0 Å². The summed E-state index contributed by atoms with van der Waals surface area (Å²) < 4.78 is 0. The molecule has 0 fully saturated rings. The van der Waals surface area contributed by atoms with Crippen LogP contribution in [0.4, 0.5) is 0 Å². The van der Waals surface area contributed by atoms with Gasteiger partial charge in [0.05, 0.1) is 24.0 Å². The zero-order valence-electron chi connectivity index (χ0n) is 19.8. The van der Waals surface area contributed by atoms with Gasteiger partial charge in [-0.25, -0.2) is 4.98 Å². The summed E-state index contributed by atoms with van der Waals surface area (Å²) in [6.45, 7) is 0.766. The first-order valence-corrected chi connectivity index (χ1v) is 11.8. The minimum Gasteiger partial charge on any atom is -0.481 e. The first kappa shape index (κ1) is 24.7. The van der Waals surface area contributed by atoms with Crippen LogP contribution in [0.2, 0.25) is 0 Å². The van der Waals surface area contributed by atoms with Crippen molar-refractivity contribution in [3.8, 4) is 0 Å². The fourth-order valence-corrected chi connectivity index (χ4v) is 3.91. The van der Waals surface area contributed by atoms with Crippen LogP contribution in [-0.4, -0.2) is 44.3 Å². The molecular formula is C28H28N4O4. The summed E-state index contributed by atoms with van der Waals surface area (Å²) in [4.78, 5) is 45.8. The molecule has 0 aliphatic rings. The van der Waals surface area contributed by atoms with E-state index in [4.69, 9.17) is 5.11 Å². The summed E-state index contributed by atoms with van der Waals surface area (Å²) >= 11 is 0. The lowest BCUT2D eigenvalue weighted by molar-refractivity contribution is -0.137. The smallest absolute Gasteiger partial charge is 0.305 e. The van der Waals surface area contributed by atoms with Gasteiger partial charge in [-0.05, 0) is 41.8 Å². The predicted molar refractivity (Wildman–Crippen MR) is 136 cm³/mol. The number of aromatic amines is 1. The Morgan fingerprint density at radius 2 is 1.56 bits per heavy atom. The highest BCUT2D eigenvalue weighted by molar-refractivity contribution is 5.94. The van der Waals surface area contributed by atoms with Gasteiger partial charge in [0, 0.05) is 25.1 Å². The van der Waals surface area contributed by atoms with E-state index >= 15 is 0 Å². The number of amides is 2. The molecule has 184 valence electrons. The molecule has 2 amide bonds. The van der Waals surface area contributed by atoms with Crippen molar-refractivity contribution in [1.29, 1.82) is 0 Å². The summed E-state index contributed by atoms with van der Waals surface area (Å²) in [5, 5.41) is 11.3. The molecule has 0 unspecified atom stereocenters. The lowest BCUT2D eigenvalue weighted by Gasteiger charge is -2.22. The molecule has 0 spiro atoms. The minimum atomic E-state index is -0.966. The molecule has 0 saturated heterocycles. The maximum absolute atomic E-state index is 13.3. The number of carbonyl (C=O) groups is 3. The average Bonchev–Trinajstić information content (AvgIpc) is 3.30. The van der Waals surface area contributed by atoms with Crippen molar-refractivity contribution >= 4 is 28.8 Å². The van der Waals surface area contributed by atoms with Crippen LogP contribution in [-0.2, 0) is 29.1 Å². The number of hydrogen-bond acceptors (Lipinski definition) is 4. The number of aromatic nitrogens is 2. The molecule has 0 radical (unpaired) electrons. The maximum atomic E-state index is 13.3. The third-order valence-corrected chi connectivity index (χ3v) is 5.82. The Balaban J connectivity index is 1.46. The van der Waals surface area contributed by atoms with Crippen molar-refractivity contribution < 1.29 is 19.5 Å². The number of nitrogens with one attached hydrogen (secondary N) is 2. The number of nitrogens with zero attached hydrogens (tertiary/aromatic N) is 2. The second-order valence-corrected chi connectivity index (χ2v) is 8.53. The first-order chi connectivity index (χ1) is 17.5. The molecule has 0 saturated carbocycles. The predicted octanol–water partition coefficient (Wildman–Crippen LogP) is 3.93. The number of rotatable bonds is 11. The van der Waals surface area contributed by atoms with Crippen molar-refractivity contribution in [3.63, 3.8) is 0 Å². The Labute approximate surface area is 209 Å². The first-order valence-electron chi connectivity index (χ1n) is 11.8. The van der Waals surface area contributed by atoms with Gasteiger partial charge in [-0.3, -0.25) is 14.4 Å². The number of carboxylic acids is 1. The number of imidazole rings is 1. The van der Waals surface area contributed by atoms with E-state index in [1.165, 1.54) is 0 Å². The highest BCUT2D eigenvalue weighted by atomic mass is 16.4. The summed E-state index contributed by atoms with van der Waals surface area (Å²) in [7, 11) is 0. The van der Waals surface area contributed by atoms with Crippen LogP contribution in [0.3, 0.4) is 0 Å². The highest BCUT2D eigenvalue weighted by Crippen LogP contribution is 2.16. The lowest BCUT2D eigenvalue weighted by atomic mass is 10.1. The van der Waals surface area contributed by atoms with Gasteiger partial charge in [0.1, 0.15) is 5.82 Å². The molecule has 0 aliphatic carbocycles. The van der Waals surface area contributed by atoms with Crippen molar-refractivity contribution in [3.05, 3.63) is 101 Å². The topological polar surface area (TPSA) is 115 Å². The van der Waals surface area contributed by atoms with Gasteiger partial charge >= 0.3 is 5.97 Å². The van der Waals surface area contributed by atoms with Crippen LogP contribution < -0.4 is 5.32 Å². The molecule has 0 atom stereocenters. The number of aliphatic carboxylic acids is 1. The summed E-state index contributed by atoms with van der Waals surface area (Å²) in [5.74, 6) is -0.582. The van der Waals surface area contributed by atoms with Gasteiger partial charge in [-0.15, -0.1) is 0 Å². The number of fused-ring (bicyclic) bond motifs is 1. The van der Waals surface area contributed by atoms with Crippen molar-refractivity contribution in [2.24, 2.45) is 0 Å². The molecule has 0 aliphatic heterocycles. The third kappa shape index (κ3) is 6.79. The number of hydrogen-bond donors (Lipinski definition) is 3. The zero-order chi connectivity index (χ0) is 25.3. The van der Waals surface area contributed by atoms with Gasteiger partial charge in [0.15, 0.2) is 0 Å². The van der Waals surface area contributed by atoms with E-state index in [9.17, 15) is 14.4 Å². The van der Waals surface area contributed by atoms with E-state index < -0.39 is 5.97 Å². The fourth-order valence-electron chi connectivity index (χ4n) is 3.91. The Morgan fingerprint density at radius 1 is 0.833 bits per heavy atom. The van der Waals surface area contributed by atoms with E-state index in [2.05, 4.69) is 15.3 Å². The Hall–Kier alpha value is -4.46. The molecular weight excluding hydrogens is 456 g/mol. The summed E-state index contributed by atoms with van der Waals surface area (Å²) in [5.41, 5.74) is 4.18. The Kier molecular flexibility index (Phi) is 8.08. The van der Waals surface area contributed by atoms with E-state index in [0.29, 0.717) is 37.3 Å². The lowest BCUT2D eigenvalue weighted by Crippen LogP contribution is -2.31. The number of aryl methyl sites for hydroxylation is 1. The molecule has 3 N–H and O–H groups in total. The van der Waals surface area contributed by atoms with Gasteiger partial charge < -0.3 is 20.3 Å². The number of benzene rings is 3. The van der Waals surface area contributed by atoms with Crippen molar-refractivity contribution in [1.82, 2.24) is 20.2 Å². The van der Waals surface area contributed by atoms with Crippen LogP contribution in [0.15, 0.2) is 78.9 Å². The largest absolute Gasteiger partial charge is 0.481 e. The summed E-state index contributed by atoms with van der Waals surface area (Å²) in [6, 6.07) is 24.6. The third-order valence-electron chi connectivity index (χ3n) is 5.82. The highest BCUT2D eigenvalue weighted by Gasteiger charge is 2.17. The van der Waals surface area contributed by atoms with Crippen molar-refractivity contribution in [2.75, 3.05) is 6.54 Å². The standard InChI is InChI=1S/C28H28N4O4/c33-26(15-12-20-6-2-1-3-7-20)32(19-25-30-23-8-4-5-9-24(23)31-25)18-21-10-13-22(14-11-21)28(36)29-17-16-27(34)35/h1-11,13-14H,12,15-19H2,(H,29,36)(H,30,31)(H,34,35). The zero-order valence-corrected chi connectivity index (χ0v) is 19.8. The van der Waals surface area contributed by atoms with Crippen molar-refractivity contribution in [2.45, 2.75) is 32.4 Å². The quantitative estimate of drug-likeness (QED) is 0.298. The number of carbonyl (C=O) groups excluding carboxylic acids is 2. The molecule has 4 rings (SSSR count). The summed E-state index contributed by atoms with van der Waals surface area (Å²) in [6.07, 6.45) is 0.881. The van der Waals surface area contributed by atoms with Gasteiger partial charge in [0.2, 0.25) is 5.91 Å². The van der Waals surface area contributed by atoms with Crippen LogP contribution in [0.5, 0.6) is 0 Å². The number of para-hydroxylation sites is 2. The minimum absolute atomic E-state index is 0.00907. The monoisotopic (exact) mass is 484 g/mol. The molecule has 3 aromatic carbocycles. The molecule has 36 heavy (non-hydrogen) atoms. The van der Waals surface area contributed by atoms with E-state index in [1.54, 1.807) is 17.0 Å². The van der Waals surface area contributed by atoms with E-state index in [-0.39, 0.29) is 24.8 Å². The molecule has 0 bridgehead atoms. The van der Waals surface area contributed by atoms with Crippen LogP contribution >= 0.6 is 0 Å². The van der Waals surface area contributed by atoms with Crippen LogP contribution in [0.1, 0.15) is 40.2 Å². The second kappa shape index (κ2) is 11.8. The van der Waals surface area contributed by atoms with E-state index in [1.807, 2.05) is 66.7 Å². The van der Waals surface area contributed by atoms with E-state index in [0.717, 1.165) is 22.2 Å². The van der Waals surface area contributed by atoms with Gasteiger partial charge in [-0.2, -0.15) is 0 Å². The Bertz CT molecular complexity index is 1300. The molecule has 8 nitrogen and oxygen atoms in total. The van der Waals surface area contributed by atoms with Gasteiger partial charge in [0.25, 0.3) is 5.91 Å². The Morgan fingerprint density at radius 3 is 2.28 bits per heavy atom. The van der Waals surface area contributed by atoms with Crippen LogP contribution in [0.25, 0.3) is 11.0 Å². The molecule has 4 aromatic rings. The van der Waals surface area contributed by atoms with Gasteiger partial charge in [-0.1, -0.05) is 54.6 Å². The molecule has 8 heteroatoms. The average molecular weight is 485 g/mol.